The normalized spacial score (nSPS) is 19.6. The molecule has 94 valence electrons. The first-order valence-electron chi connectivity index (χ1n) is 6.12. The molecule has 2 heterocycles. The molecule has 0 bridgehead atoms. The monoisotopic (exact) mass is 243 g/mol. The highest BCUT2D eigenvalue weighted by atomic mass is 16.5. The molecule has 1 aromatic carbocycles. The highest BCUT2D eigenvalue weighted by Gasteiger charge is 2.27. The maximum absolute atomic E-state index is 5.30. The minimum absolute atomic E-state index is 0.320. The van der Waals surface area contributed by atoms with Crippen LogP contribution < -0.4 is 4.74 Å². The number of hydrogen-bond acceptors (Lipinski definition) is 3. The molecule has 1 atom stereocenters. The number of imidazole rings is 1. The molecule has 1 aromatic heterocycles. The number of fused-ring (bicyclic) bond motifs is 1. The quantitative estimate of drug-likeness (QED) is 0.877. The number of nitrogens with zero attached hydrogens (tertiary/aromatic N) is 2. The summed E-state index contributed by atoms with van der Waals surface area (Å²) in [7, 11) is 3.84. The molecule has 0 fully saturated rings. The van der Waals surface area contributed by atoms with E-state index in [1.807, 2.05) is 12.1 Å². The van der Waals surface area contributed by atoms with E-state index in [-0.39, 0.29) is 0 Å². The van der Waals surface area contributed by atoms with Crippen LogP contribution in [0.15, 0.2) is 30.6 Å². The Hall–Kier alpha value is -1.81. The fraction of sp³-hybridized carbons (Fsp3) is 0.357. The lowest BCUT2D eigenvalue weighted by Crippen LogP contribution is -2.31. The van der Waals surface area contributed by atoms with Gasteiger partial charge in [-0.05, 0) is 24.7 Å². The Morgan fingerprint density at radius 1 is 1.44 bits per heavy atom. The summed E-state index contributed by atoms with van der Waals surface area (Å²) in [6, 6.07) is 8.25. The number of aromatic nitrogens is 2. The van der Waals surface area contributed by atoms with Crippen molar-refractivity contribution in [1.29, 1.82) is 0 Å². The summed E-state index contributed by atoms with van der Waals surface area (Å²) < 4.78 is 5.30. The van der Waals surface area contributed by atoms with Crippen molar-refractivity contribution in [3.8, 4) is 5.75 Å². The van der Waals surface area contributed by atoms with E-state index in [1.165, 1.54) is 17.0 Å². The molecule has 4 nitrogen and oxygen atoms in total. The van der Waals surface area contributed by atoms with Gasteiger partial charge in [-0.3, -0.25) is 4.90 Å². The molecule has 18 heavy (non-hydrogen) atoms. The second kappa shape index (κ2) is 4.46. The van der Waals surface area contributed by atoms with Gasteiger partial charge in [-0.1, -0.05) is 12.1 Å². The van der Waals surface area contributed by atoms with Crippen molar-refractivity contribution in [3.63, 3.8) is 0 Å². The molecule has 1 aliphatic rings. The predicted octanol–water partition coefficient (Wildman–Crippen LogP) is 2.00. The Morgan fingerprint density at radius 3 is 3.17 bits per heavy atom. The Balaban J connectivity index is 2.01. The summed E-state index contributed by atoms with van der Waals surface area (Å²) in [6.07, 6.45) is 1.79. The van der Waals surface area contributed by atoms with E-state index < -0.39 is 0 Å². The molecule has 0 aliphatic carbocycles. The van der Waals surface area contributed by atoms with E-state index in [9.17, 15) is 0 Å². The van der Waals surface area contributed by atoms with Crippen LogP contribution in [0.4, 0.5) is 0 Å². The lowest BCUT2D eigenvalue weighted by molar-refractivity contribution is 0.289. The van der Waals surface area contributed by atoms with Crippen LogP contribution in [0.1, 0.15) is 22.9 Å². The highest BCUT2D eigenvalue weighted by Crippen LogP contribution is 2.32. The van der Waals surface area contributed by atoms with Gasteiger partial charge in [0.25, 0.3) is 0 Å². The smallest absolute Gasteiger partial charge is 0.119 e. The zero-order valence-electron chi connectivity index (χ0n) is 10.7. The average Bonchev–Trinajstić information content (AvgIpc) is 2.85. The summed E-state index contributed by atoms with van der Waals surface area (Å²) in [5.41, 5.74) is 3.65. The molecule has 1 aliphatic heterocycles. The van der Waals surface area contributed by atoms with E-state index in [0.717, 1.165) is 18.8 Å². The van der Waals surface area contributed by atoms with Gasteiger partial charge in [0.05, 0.1) is 24.8 Å². The van der Waals surface area contributed by atoms with E-state index in [0.29, 0.717) is 5.92 Å². The van der Waals surface area contributed by atoms with Crippen LogP contribution in [-0.4, -0.2) is 35.6 Å². The third-order valence-electron chi connectivity index (χ3n) is 3.50. The number of hydrogen-bond donors (Lipinski definition) is 1. The Labute approximate surface area is 107 Å². The summed E-state index contributed by atoms with van der Waals surface area (Å²) >= 11 is 0. The zero-order valence-corrected chi connectivity index (χ0v) is 10.7. The van der Waals surface area contributed by atoms with Crippen LogP contribution in [0.2, 0.25) is 0 Å². The van der Waals surface area contributed by atoms with Gasteiger partial charge in [0.2, 0.25) is 0 Å². The van der Waals surface area contributed by atoms with Crippen molar-refractivity contribution in [2.75, 3.05) is 20.7 Å². The van der Waals surface area contributed by atoms with Crippen LogP contribution in [-0.2, 0) is 6.54 Å². The molecular weight excluding hydrogens is 226 g/mol. The van der Waals surface area contributed by atoms with E-state index in [1.54, 1.807) is 13.4 Å². The molecule has 0 saturated carbocycles. The van der Waals surface area contributed by atoms with Crippen molar-refractivity contribution < 1.29 is 4.74 Å². The Morgan fingerprint density at radius 2 is 2.33 bits per heavy atom. The van der Waals surface area contributed by atoms with E-state index in [2.05, 4.69) is 34.0 Å². The van der Waals surface area contributed by atoms with Crippen molar-refractivity contribution in [2.24, 2.45) is 0 Å². The second-order valence-electron chi connectivity index (χ2n) is 4.79. The fourth-order valence-electron chi connectivity index (χ4n) is 2.61. The lowest BCUT2D eigenvalue weighted by Gasteiger charge is -2.29. The number of nitrogens with one attached hydrogen (secondary N) is 1. The van der Waals surface area contributed by atoms with Crippen LogP contribution in [0.3, 0.4) is 0 Å². The standard InChI is InChI=1S/C14H17N3O/c1-17-7-12(14-13(8-17)15-9-16-14)10-4-3-5-11(6-10)18-2/h3-6,9,12H,7-8H2,1-2H3,(H,15,16). The topological polar surface area (TPSA) is 41.1 Å². The predicted molar refractivity (Wildman–Crippen MR) is 69.8 cm³/mol. The lowest BCUT2D eigenvalue weighted by atomic mass is 9.91. The molecule has 0 radical (unpaired) electrons. The minimum atomic E-state index is 0.320. The molecule has 1 N–H and O–H groups in total. The molecule has 0 spiro atoms. The molecule has 0 saturated heterocycles. The fourth-order valence-corrected chi connectivity index (χ4v) is 2.61. The average molecular weight is 243 g/mol. The van der Waals surface area contributed by atoms with Gasteiger partial charge < -0.3 is 9.72 Å². The van der Waals surface area contributed by atoms with Gasteiger partial charge in [-0.25, -0.2) is 4.98 Å². The maximum atomic E-state index is 5.30. The molecular formula is C14H17N3O. The maximum Gasteiger partial charge on any atom is 0.119 e. The van der Waals surface area contributed by atoms with Crippen LogP contribution in [0.25, 0.3) is 0 Å². The third kappa shape index (κ3) is 1.88. The number of methoxy groups -OCH3 is 1. The molecule has 2 aromatic rings. The van der Waals surface area contributed by atoms with E-state index in [4.69, 9.17) is 4.74 Å². The molecule has 0 amide bonds. The number of rotatable bonds is 2. The van der Waals surface area contributed by atoms with Gasteiger partial charge in [0, 0.05) is 19.0 Å². The first-order valence-corrected chi connectivity index (χ1v) is 6.12. The van der Waals surface area contributed by atoms with Gasteiger partial charge >= 0.3 is 0 Å². The van der Waals surface area contributed by atoms with Crippen molar-refractivity contribution in [3.05, 3.63) is 47.5 Å². The molecule has 1 unspecified atom stereocenters. The Bertz CT molecular complexity index is 549. The second-order valence-corrected chi connectivity index (χ2v) is 4.79. The first kappa shape index (κ1) is 11.3. The SMILES string of the molecule is COc1cccc(C2CN(C)Cc3[nH]cnc32)c1. The third-order valence-corrected chi connectivity index (χ3v) is 3.50. The number of H-pyrrole nitrogens is 1. The van der Waals surface area contributed by atoms with Gasteiger partial charge in [0.15, 0.2) is 0 Å². The van der Waals surface area contributed by atoms with E-state index >= 15 is 0 Å². The number of benzene rings is 1. The Kier molecular flexibility index (Phi) is 2.80. The van der Waals surface area contributed by atoms with Gasteiger partial charge in [-0.15, -0.1) is 0 Å². The summed E-state index contributed by atoms with van der Waals surface area (Å²) in [4.78, 5) is 10.0. The summed E-state index contributed by atoms with van der Waals surface area (Å²) in [5, 5.41) is 0. The van der Waals surface area contributed by atoms with Gasteiger partial charge in [0.1, 0.15) is 5.75 Å². The van der Waals surface area contributed by atoms with Crippen molar-refractivity contribution >= 4 is 0 Å². The number of likely N-dealkylation sites (N-methyl/N-ethyl adjacent to an activating group) is 1. The van der Waals surface area contributed by atoms with Crippen LogP contribution in [0.5, 0.6) is 5.75 Å². The first-order chi connectivity index (χ1) is 8.78. The van der Waals surface area contributed by atoms with Crippen molar-refractivity contribution in [2.45, 2.75) is 12.5 Å². The molecule has 4 heteroatoms. The van der Waals surface area contributed by atoms with Gasteiger partial charge in [-0.2, -0.15) is 0 Å². The summed E-state index contributed by atoms with van der Waals surface area (Å²) in [6.45, 7) is 1.93. The van der Waals surface area contributed by atoms with Crippen LogP contribution in [0, 0.1) is 0 Å². The highest BCUT2D eigenvalue weighted by molar-refractivity contribution is 5.37. The number of aromatic amines is 1. The van der Waals surface area contributed by atoms with Crippen LogP contribution >= 0.6 is 0 Å². The molecule has 3 rings (SSSR count). The zero-order chi connectivity index (χ0) is 12.5. The largest absolute Gasteiger partial charge is 0.497 e. The minimum Gasteiger partial charge on any atom is -0.497 e. The van der Waals surface area contributed by atoms with Crippen molar-refractivity contribution in [1.82, 2.24) is 14.9 Å². The summed E-state index contributed by atoms with van der Waals surface area (Å²) in [5.74, 6) is 1.22. The number of ether oxygens (including phenoxy) is 1.